The Morgan fingerprint density at radius 3 is 2.58 bits per heavy atom. The quantitative estimate of drug-likeness (QED) is 0.800. The molecule has 0 amide bonds. The van der Waals surface area contributed by atoms with Crippen molar-refractivity contribution in [3.05, 3.63) is 40.4 Å². The fourth-order valence-corrected chi connectivity index (χ4v) is 3.27. The van der Waals surface area contributed by atoms with Crippen LogP contribution in [0.15, 0.2) is 34.2 Å². The number of carboxylic acids is 1. The van der Waals surface area contributed by atoms with Gasteiger partial charge in [-0.05, 0) is 31.5 Å². The number of rotatable bonds is 5. The molecule has 104 valence electrons. The SMILES string of the molecule is C=CC(C)NS(=O)(=O)c1cc(Br)c(C)c(C(=O)O)c1. The zero-order chi connectivity index (χ0) is 14.8. The Labute approximate surface area is 120 Å². The first-order chi connectivity index (χ1) is 8.69. The zero-order valence-electron chi connectivity index (χ0n) is 10.5. The highest BCUT2D eigenvalue weighted by Crippen LogP contribution is 2.25. The molecule has 0 radical (unpaired) electrons. The van der Waals surface area contributed by atoms with Gasteiger partial charge in [0.25, 0.3) is 0 Å². The molecule has 1 rings (SSSR count). The van der Waals surface area contributed by atoms with E-state index < -0.39 is 22.0 Å². The first kappa shape index (κ1) is 15.9. The van der Waals surface area contributed by atoms with Crippen molar-refractivity contribution in [3.8, 4) is 0 Å². The molecule has 0 aliphatic carbocycles. The lowest BCUT2D eigenvalue weighted by Crippen LogP contribution is -2.31. The summed E-state index contributed by atoms with van der Waals surface area (Å²) in [4.78, 5) is 11.0. The Balaban J connectivity index is 3.36. The van der Waals surface area contributed by atoms with Crippen molar-refractivity contribution in [2.45, 2.75) is 24.8 Å². The molecule has 1 atom stereocenters. The summed E-state index contributed by atoms with van der Waals surface area (Å²) in [5.74, 6) is -1.17. The van der Waals surface area contributed by atoms with Crippen molar-refractivity contribution in [2.24, 2.45) is 0 Å². The number of aromatic carboxylic acids is 1. The Morgan fingerprint density at radius 2 is 2.11 bits per heavy atom. The highest BCUT2D eigenvalue weighted by molar-refractivity contribution is 9.10. The fourth-order valence-electron chi connectivity index (χ4n) is 1.39. The number of sulfonamides is 1. The van der Waals surface area contributed by atoms with E-state index in [-0.39, 0.29) is 10.5 Å². The van der Waals surface area contributed by atoms with Crippen LogP contribution in [0.1, 0.15) is 22.8 Å². The van der Waals surface area contributed by atoms with Crippen molar-refractivity contribution < 1.29 is 18.3 Å². The van der Waals surface area contributed by atoms with Gasteiger partial charge < -0.3 is 5.11 Å². The van der Waals surface area contributed by atoms with Crippen molar-refractivity contribution >= 4 is 31.9 Å². The second-order valence-electron chi connectivity index (χ2n) is 4.03. The number of nitrogens with one attached hydrogen (secondary N) is 1. The Hall–Kier alpha value is -1.18. The smallest absolute Gasteiger partial charge is 0.336 e. The zero-order valence-corrected chi connectivity index (χ0v) is 12.9. The van der Waals surface area contributed by atoms with E-state index >= 15 is 0 Å². The van der Waals surface area contributed by atoms with Crippen molar-refractivity contribution in [1.29, 1.82) is 0 Å². The minimum absolute atomic E-state index is 0.0546. The summed E-state index contributed by atoms with van der Waals surface area (Å²) in [6.07, 6.45) is 1.44. The Kier molecular flexibility index (Phi) is 4.89. The van der Waals surface area contributed by atoms with Gasteiger partial charge in [-0.25, -0.2) is 17.9 Å². The van der Waals surface area contributed by atoms with Crippen LogP contribution in [0.5, 0.6) is 0 Å². The second-order valence-corrected chi connectivity index (χ2v) is 6.60. The third kappa shape index (κ3) is 3.65. The molecule has 0 bridgehead atoms. The van der Waals surface area contributed by atoms with Crippen LogP contribution >= 0.6 is 15.9 Å². The first-order valence-electron chi connectivity index (χ1n) is 5.37. The number of carboxylic acid groups (broad SMARTS) is 1. The summed E-state index contributed by atoms with van der Waals surface area (Å²) < 4.78 is 26.9. The van der Waals surface area contributed by atoms with Gasteiger partial charge in [0.15, 0.2) is 0 Å². The van der Waals surface area contributed by atoms with E-state index in [0.29, 0.717) is 10.0 Å². The minimum atomic E-state index is -3.78. The molecule has 1 aromatic rings. The van der Waals surface area contributed by atoms with E-state index in [9.17, 15) is 13.2 Å². The van der Waals surface area contributed by atoms with Gasteiger partial charge >= 0.3 is 5.97 Å². The lowest BCUT2D eigenvalue weighted by molar-refractivity contribution is 0.0695. The number of hydrogen-bond acceptors (Lipinski definition) is 3. The summed E-state index contributed by atoms with van der Waals surface area (Å²) in [5, 5.41) is 9.06. The molecule has 0 aliphatic rings. The maximum absolute atomic E-state index is 12.1. The van der Waals surface area contributed by atoms with E-state index in [1.807, 2.05) is 0 Å². The van der Waals surface area contributed by atoms with E-state index in [1.54, 1.807) is 13.8 Å². The second kappa shape index (κ2) is 5.85. The molecule has 0 heterocycles. The van der Waals surface area contributed by atoms with E-state index in [4.69, 9.17) is 5.11 Å². The van der Waals surface area contributed by atoms with Crippen LogP contribution in [0, 0.1) is 6.92 Å². The van der Waals surface area contributed by atoms with E-state index in [1.165, 1.54) is 12.1 Å². The molecule has 0 fully saturated rings. The van der Waals surface area contributed by atoms with E-state index in [0.717, 1.165) is 6.07 Å². The van der Waals surface area contributed by atoms with Gasteiger partial charge in [-0.15, -0.1) is 6.58 Å². The van der Waals surface area contributed by atoms with Crippen molar-refractivity contribution in [1.82, 2.24) is 4.72 Å². The molecule has 0 saturated carbocycles. The van der Waals surface area contributed by atoms with Gasteiger partial charge in [-0.3, -0.25) is 0 Å². The molecule has 0 saturated heterocycles. The number of carbonyl (C=O) groups is 1. The maximum atomic E-state index is 12.1. The highest BCUT2D eigenvalue weighted by Gasteiger charge is 2.20. The standard InChI is InChI=1S/C12H14BrNO4S/c1-4-7(2)14-19(17,18)9-5-10(12(15)16)8(3)11(13)6-9/h4-7,14H,1H2,2-3H3,(H,15,16). The third-order valence-corrected chi connectivity index (χ3v) is 4.92. The molecule has 2 N–H and O–H groups in total. The van der Waals surface area contributed by atoms with Crippen LogP contribution in [0.25, 0.3) is 0 Å². The average molecular weight is 348 g/mol. The van der Waals surface area contributed by atoms with Gasteiger partial charge in [0.1, 0.15) is 0 Å². The lowest BCUT2D eigenvalue weighted by atomic mass is 10.1. The molecular formula is C12H14BrNO4S. The molecular weight excluding hydrogens is 334 g/mol. The first-order valence-corrected chi connectivity index (χ1v) is 7.65. The van der Waals surface area contributed by atoms with Gasteiger partial charge in [0.2, 0.25) is 10.0 Å². The molecule has 0 aliphatic heterocycles. The highest BCUT2D eigenvalue weighted by atomic mass is 79.9. The Morgan fingerprint density at radius 1 is 1.53 bits per heavy atom. The summed E-state index contributed by atoms with van der Waals surface area (Å²) in [5.41, 5.74) is 0.421. The summed E-state index contributed by atoms with van der Waals surface area (Å²) in [6.45, 7) is 6.72. The van der Waals surface area contributed by atoms with Crippen molar-refractivity contribution in [2.75, 3.05) is 0 Å². The van der Waals surface area contributed by atoms with Gasteiger partial charge in [-0.1, -0.05) is 22.0 Å². The number of benzene rings is 1. The summed E-state index contributed by atoms with van der Waals surface area (Å²) in [7, 11) is -3.78. The van der Waals surface area contributed by atoms with Gasteiger partial charge in [0, 0.05) is 10.5 Å². The largest absolute Gasteiger partial charge is 0.478 e. The minimum Gasteiger partial charge on any atom is -0.478 e. The topological polar surface area (TPSA) is 83.5 Å². The van der Waals surface area contributed by atoms with Crippen LogP contribution in [-0.2, 0) is 10.0 Å². The van der Waals surface area contributed by atoms with Crippen LogP contribution in [0.4, 0.5) is 0 Å². The summed E-state index contributed by atoms with van der Waals surface area (Å²) >= 11 is 3.17. The molecule has 1 aromatic carbocycles. The van der Waals surface area contributed by atoms with Gasteiger partial charge in [-0.2, -0.15) is 0 Å². The van der Waals surface area contributed by atoms with Crippen LogP contribution < -0.4 is 4.72 Å². The predicted molar refractivity (Wildman–Crippen MR) is 75.8 cm³/mol. The summed E-state index contributed by atoms with van der Waals surface area (Å²) in [6, 6.07) is 2.07. The molecule has 0 aromatic heterocycles. The predicted octanol–water partition coefficient (Wildman–Crippen LogP) is 2.31. The molecule has 0 spiro atoms. The molecule has 5 nitrogen and oxygen atoms in total. The molecule has 19 heavy (non-hydrogen) atoms. The van der Waals surface area contributed by atoms with Crippen molar-refractivity contribution in [3.63, 3.8) is 0 Å². The number of halogens is 1. The molecule has 7 heteroatoms. The van der Waals surface area contributed by atoms with Crippen LogP contribution in [-0.4, -0.2) is 25.5 Å². The average Bonchev–Trinajstić information content (AvgIpc) is 2.31. The van der Waals surface area contributed by atoms with Crippen LogP contribution in [0.3, 0.4) is 0 Å². The third-order valence-electron chi connectivity index (χ3n) is 2.55. The molecule has 1 unspecified atom stereocenters. The van der Waals surface area contributed by atoms with E-state index in [2.05, 4.69) is 27.2 Å². The lowest BCUT2D eigenvalue weighted by Gasteiger charge is -2.12. The number of hydrogen-bond donors (Lipinski definition) is 2. The monoisotopic (exact) mass is 347 g/mol. The maximum Gasteiger partial charge on any atom is 0.336 e. The van der Waals surface area contributed by atoms with Crippen LogP contribution in [0.2, 0.25) is 0 Å². The fraction of sp³-hybridized carbons (Fsp3) is 0.250. The van der Waals surface area contributed by atoms with Gasteiger partial charge in [0.05, 0.1) is 10.5 Å². The normalized spacial score (nSPS) is 13.0. The Bertz CT molecular complexity index is 625.